The highest BCUT2D eigenvalue weighted by Crippen LogP contribution is 2.28. The summed E-state index contributed by atoms with van der Waals surface area (Å²) >= 11 is 1.75. The maximum absolute atomic E-state index is 12.7. The molecule has 0 bridgehead atoms. The lowest BCUT2D eigenvalue weighted by molar-refractivity contribution is -0.134. The summed E-state index contributed by atoms with van der Waals surface area (Å²) in [4.78, 5) is 22.2. The lowest BCUT2D eigenvalue weighted by atomic mass is 10.1. The Bertz CT molecular complexity index is 674. The topological polar surface area (TPSA) is 60.0 Å². The smallest absolute Gasteiger partial charge is 0.225 e. The minimum atomic E-state index is 0. The van der Waals surface area contributed by atoms with Gasteiger partial charge in [0.05, 0.1) is 12.6 Å². The number of carbonyl (C=O) groups excluding carboxylic acids is 1. The predicted octanol–water partition coefficient (Wildman–Crippen LogP) is 4.10. The van der Waals surface area contributed by atoms with Crippen molar-refractivity contribution in [2.75, 3.05) is 39.3 Å². The second kappa shape index (κ2) is 13.6. The van der Waals surface area contributed by atoms with E-state index in [-0.39, 0.29) is 35.9 Å². The van der Waals surface area contributed by atoms with Crippen LogP contribution in [0.15, 0.2) is 21.8 Å². The molecular formula is C23H40IN5OS. The van der Waals surface area contributed by atoms with Crippen LogP contribution in [0.1, 0.15) is 64.5 Å². The molecule has 1 saturated carbocycles. The lowest BCUT2D eigenvalue weighted by Gasteiger charge is -2.28. The fourth-order valence-corrected chi connectivity index (χ4v) is 5.47. The van der Waals surface area contributed by atoms with Gasteiger partial charge in [0.2, 0.25) is 5.91 Å². The highest BCUT2D eigenvalue weighted by Gasteiger charge is 2.32. The van der Waals surface area contributed by atoms with E-state index in [1.54, 1.807) is 11.3 Å². The first-order chi connectivity index (χ1) is 14.7. The molecule has 31 heavy (non-hydrogen) atoms. The predicted molar refractivity (Wildman–Crippen MR) is 141 cm³/mol. The number of nitrogens with zero attached hydrogens (tertiary/aromatic N) is 3. The van der Waals surface area contributed by atoms with Crippen molar-refractivity contribution >= 4 is 47.2 Å². The van der Waals surface area contributed by atoms with Crippen LogP contribution in [0.4, 0.5) is 0 Å². The van der Waals surface area contributed by atoms with Crippen LogP contribution < -0.4 is 10.6 Å². The lowest BCUT2D eigenvalue weighted by Crippen LogP contribution is -2.45. The Kier molecular flexibility index (Phi) is 11.6. The van der Waals surface area contributed by atoms with E-state index in [4.69, 9.17) is 4.99 Å². The number of hydrogen-bond donors (Lipinski definition) is 2. The molecule has 2 N–H and O–H groups in total. The molecule has 0 spiro atoms. The van der Waals surface area contributed by atoms with Gasteiger partial charge in [-0.2, -0.15) is 11.3 Å². The highest BCUT2D eigenvalue weighted by molar-refractivity contribution is 14.0. The van der Waals surface area contributed by atoms with Crippen molar-refractivity contribution in [1.82, 2.24) is 20.4 Å². The van der Waals surface area contributed by atoms with Gasteiger partial charge < -0.3 is 15.5 Å². The first-order valence-electron chi connectivity index (χ1n) is 11.8. The molecule has 0 radical (unpaired) electrons. The van der Waals surface area contributed by atoms with Crippen LogP contribution in [0.3, 0.4) is 0 Å². The van der Waals surface area contributed by atoms with Gasteiger partial charge in [0.25, 0.3) is 0 Å². The number of nitrogens with one attached hydrogen (secondary N) is 2. The van der Waals surface area contributed by atoms with E-state index in [9.17, 15) is 4.79 Å². The van der Waals surface area contributed by atoms with Gasteiger partial charge in [0, 0.05) is 31.6 Å². The van der Waals surface area contributed by atoms with Crippen LogP contribution in [-0.4, -0.2) is 67.0 Å². The minimum absolute atomic E-state index is 0. The van der Waals surface area contributed by atoms with Crippen LogP contribution >= 0.6 is 35.3 Å². The first kappa shape index (κ1) is 26.4. The molecular weight excluding hydrogens is 521 g/mol. The van der Waals surface area contributed by atoms with Crippen LogP contribution in [0.5, 0.6) is 0 Å². The number of aliphatic imine (C=N–C) groups is 1. The highest BCUT2D eigenvalue weighted by atomic mass is 127. The van der Waals surface area contributed by atoms with Crippen molar-refractivity contribution in [2.24, 2.45) is 10.9 Å². The van der Waals surface area contributed by atoms with E-state index in [1.807, 2.05) is 0 Å². The maximum Gasteiger partial charge on any atom is 0.225 e. The van der Waals surface area contributed by atoms with Crippen molar-refractivity contribution in [3.05, 3.63) is 22.4 Å². The van der Waals surface area contributed by atoms with Gasteiger partial charge in [-0.25, -0.2) is 0 Å². The molecule has 8 heteroatoms. The molecule has 1 aliphatic heterocycles. The molecule has 1 saturated heterocycles. The Balaban J connectivity index is 0.00000341. The van der Waals surface area contributed by atoms with Crippen molar-refractivity contribution in [2.45, 2.75) is 65.0 Å². The van der Waals surface area contributed by atoms with Crippen LogP contribution in [0.25, 0.3) is 0 Å². The monoisotopic (exact) mass is 561 g/mol. The Morgan fingerprint density at radius 3 is 2.61 bits per heavy atom. The van der Waals surface area contributed by atoms with Gasteiger partial charge >= 0.3 is 0 Å². The van der Waals surface area contributed by atoms with E-state index in [2.05, 4.69) is 58.0 Å². The van der Waals surface area contributed by atoms with Gasteiger partial charge in [-0.1, -0.05) is 26.7 Å². The van der Waals surface area contributed by atoms with Crippen LogP contribution in [0, 0.1) is 5.92 Å². The van der Waals surface area contributed by atoms with Crippen molar-refractivity contribution in [1.29, 1.82) is 0 Å². The fourth-order valence-electron chi connectivity index (χ4n) is 4.76. The molecule has 1 amide bonds. The number of thiophene rings is 1. The van der Waals surface area contributed by atoms with Crippen LogP contribution in [0.2, 0.25) is 0 Å². The summed E-state index contributed by atoms with van der Waals surface area (Å²) in [5.74, 6) is 1.51. The molecule has 2 aliphatic rings. The SMILES string of the molecule is CCNC(=NCC(c1ccsc1)N(CC)CC)NC1CCN(C(=O)C2CCCC2)C1.I. The van der Waals surface area contributed by atoms with E-state index >= 15 is 0 Å². The number of rotatable bonds is 9. The van der Waals surface area contributed by atoms with Crippen molar-refractivity contribution in [3.8, 4) is 0 Å². The van der Waals surface area contributed by atoms with Crippen LogP contribution in [-0.2, 0) is 4.79 Å². The van der Waals surface area contributed by atoms with Gasteiger partial charge in [0.1, 0.15) is 0 Å². The third-order valence-corrected chi connectivity index (χ3v) is 7.19. The second-order valence-corrected chi connectivity index (χ2v) is 9.19. The standard InChI is InChI=1S/C23H39N5OS.HI/c1-4-24-23(25-15-21(27(5-2)6-3)19-12-14-30-17-19)26-20-11-13-28(16-20)22(29)18-9-7-8-10-18;/h12,14,17-18,20-21H,4-11,13,15-16H2,1-3H3,(H2,24,25,26);1H. The molecule has 2 fully saturated rings. The summed E-state index contributed by atoms with van der Waals surface area (Å²) in [6, 6.07) is 2.79. The number of carbonyl (C=O) groups is 1. The van der Waals surface area contributed by atoms with E-state index in [1.165, 1.54) is 18.4 Å². The summed E-state index contributed by atoms with van der Waals surface area (Å²) in [5.41, 5.74) is 1.34. The molecule has 2 unspecified atom stereocenters. The van der Waals surface area contributed by atoms with E-state index < -0.39 is 0 Å². The molecule has 176 valence electrons. The van der Waals surface area contributed by atoms with Crippen molar-refractivity contribution in [3.63, 3.8) is 0 Å². The number of likely N-dealkylation sites (N-methyl/N-ethyl adjacent to an activating group) is 1. The van der Waals surface area contributed by atoms with Gasteiger partial charge in [-0.3, -0.25) is 14.7 Å². The Morgan fingerprint density at radius 2 is 2.00 bits per heavy atom. The zero-order chi connectivity index (χ0) is 21.3. The molecule has 6 nitrogen and oxygen atoms in total. The quantitative estimate of drug-likeness (QED) is 0.271. The van der Waals surface area contributed by atoms with Crippen molar-refractivity contribution < 1.29 is 4.79 Å². The number of halogens is 1. The molecule has 2 atom stereocenters. The summed E-state index contributed by atoms with van der Waals surface area (Å²) in [6.45, 7) is 11.8. The molecule has 2 heterocycles. The maximum atomic E-state index is 12.7. The molecule has 1 aromatic heterocycles. The number of guanidine groups is 1. The van der Waals surface area contributed by atoms with Gasteiger partial charge in [-0.15, -0.1) is 24.0 Å². The second-order valence-electron chi connectivity index (χ2n) is 8.41. The molecule has 3 rings (SSSR count). The van der Waals surface area contributed by atoms with E-state index in [0.29, 0.717) is 11.9 Å². The summed E-state index contributed by atoms with van der Waals surface area (Å²) in [7, 11) is 0. The van der Waals surface area contributed by atoms with E-state index in [0.717, 1.165) is 64.5 Å². The zero-order valence-electron chi connectivity index (χ0n) is 19.3. The average Bonchev–Trinajstić information content (AvgIpc) is 3.53. The Labute approximate surface area is 209 Å². The Morgan fingerprint density at radius 1 is 1.26 bits per heavy atom. The average molecular weight is 562 g/mol. The van der Waals surface area contributed by atoms with Gasteiger partial charge in [0.15, 0.2) is 5.96 Å². The normalized spacial score (nSPS) is 20.7. The molecule has 1 aromatic rings. The van der Waals surface area contributed by atoms with Gasteiger partial charge in [-0.05, 0) is 61.7 Å². The zero-order valence-corrected chi connectivity index (χ0v) is 22.5. The summed E-state index contributed by atoms with van der Waals surface area (Å²) in [5, 5.41) is 11.4. The fraction of sp³-hybridized carbons (Fsp3) is 0.739. The number of amides is 1. The summed E-state index contributed by atoms with van der Waals surface area (Å²) in [6.07, 6.45) is 5.56. The Hall–Kier alpha value is -0.870. The largest absolute Gasteiger partial charge is 0.357 e. The first-order valence-corrected chi connectivity index (χ1v) is 12.7. The minimum Gasteiger partial charge on any atom is -0.357 e. The third-order valence-electron chi connectivity index (χ3n) is 6.49. The molecule has 1 aliphatic carbocycles. The molecule has 0 aromatic carbocycles. The third kappa shape index (κ3) is 7.32. The number of hydrogen-bond acceptors (Lipinski definition) is 4. The number of likely N-dealkylation sites (tertiary alicyclic amines) is 1. The summed E-state index contributed by atoms with van der Waals surface area (Å²) < 4.78 is 0.